The van der Waals surface area contributed by atoms with Gasteiger partial charge < -0.3 is 17.6 Å². The van der Waals surface area contributed by atoms with E-state index in [1.807, 2.05) is 18.2 Å². The Balaban J connectivity index is 1.91. The number of carbonyl (C=O) groups excluding carboxylic acids is 1. The Morgan fingerprint density at radius 3 is 2.30 bits per heavy atom. The van der Waals surface area contributed by atoms with Crippen LogP contribution in [0, 0.1) is 5.82 Å². The summed E-state index contributed by atoms with van der Waals surface area (Å²) in [7, 11) is 0. The molecule has 3 aromatic rings. The van der Waals surface area contributed by atoms with Gasteiger partial charge in [0.05, 0.1) is 6.54 Å². The third-order valence-electron chi connectivity index (χ3n) is 3.98. The quantitative estimate of drug-likeness (QED) is 0.203. The van der Waals surface area contributed by atoms with E-state index in [1.165, 1.54) is 12.1 Å². The molecule has 0 fully saturated rings. The van der Waals surface area contributed by atoms with Crippen molar-refractivity contribution in [1.29, 1.82) is 0 Å². The Labute approximate surface area is 167 Å². The standard InChI is InChI=1S/C21H16ClFN2OS/c22-17-8-6-16(7-9-17)20(26)19(25-12-2-1-3-13-25)21(27)24-14-15-4-10-18(23)11-5-15/h1-13,19H,14H2/t19-/m1/s1. The predicted molar refractivity (Wildman–Crippen MR) is 106 cm³/mol. The molecule has 0 bridgehead atoms. The molecule has 1 atom stereocenters. The minimum atomic E-state index is -0.747. The van der Waals surface area contributed by atoms with Crippen LogP contribution in [-0.4, -0.2) is 10.8 Å². The number of hydrogen-bond donors (Lipinski definition) is 0. The molecule has 3 rings (SSSR count). The van der Waals surface area contributed by atoms with E-state index in [0.29, 0.717) is 10.6 Å². The molecule has 2 aromatic carbocycles. The van der Waals surface area contributed by atoms with E-state index in [-0.39, 0.29) is 23.2 Å². The summed E-state index contributed by atoms with van der Waals surface area (Å²) in [6, 6.07) is 17.5. The third-order valence-corrected chi connectivity index (χ3v) is 4.58. The Morgan fingerprint density at radius 1 is 1.04 bits per heavy atom. The van der Waals surface area contributed by atoms with Crippen molar-refractivity contribution in [3.05, 3.63) is 101 Å². The number of aliphatic imine (C=N–C) groups is 1. The van der Waals surface area contributed by atoms with Crippen molar-refractivity contribution in [1.82, 2.24) is 0 Å². The number of aromatic nitrogens is 1. The average molecular weight is 399 g/mol. The molecule has 136 valence electrons. The molecule has 3 nitrogen and oxygen atoms in total. The van der Waals surface area contributed by atoms with Gasteiger partial charge in [-0.2, -0.15) is 4.57 Å². The van der Waals surface area contributed by atoms with Crippen molar-refractivity contribution >= 4 is 35.1 Å². The van der Waals surface area contributed by atoms with Gasteiger partial charge in [-0.15, -0.1) is 0 Å². The molecule has 0 unspecified atom stereocenters. The maximum atomic E-state index is 13.1. The zero-order valence-corrected chi connectivity index (χ0v) is 15.8. The first kappa shape index (κ1) is 19.1. The van der Waals surface area contributed by atoms with Crippen molar-refractivity contribution in [2.75, 3.05) is 0 Å². The first-order chi connectivity index (χ1) is 13.0. The highest BCUT2D eigenvalue weighted by Gasteiger charge is 2.27. The first-order valence-corrected chi connectivity index (χ1v) is 9.04. The molecule has 0 aliphatic rings. The fourth-order valence-electron chi connectivity index (χ4n) is 2.58. The second-order valence-corrected chi connectivity index (χ2v) is 6.73. The van der Waals surface area contributed by atoms with Crippen LogP contribution in [-0.2, 0) is 19.2 Å². The second kappa shape index (κ2) is 8.84. The van der Waals surface area contributed by atoms with Gasteiger partial charge in [0.1, 0.15) is 5.82 Å². The van der Waals surface area contributed by atoms with Gasteiger partial charge in [-0.3, -0.25) is 4.79 Å². The molecule has 0 saturated heterocycles. The molecule has 0 N–H and O–H groups in total. The molecule has 0 amide bonds. The number of pyridine rings is 1. The minimum Gasteiger partial charge on any atom is -0.758 e. The monoisotopic (exact) mass is 398 g/mol. The van der Waals surface area contributed by atoms with Crippen molar-refractivity contribution in [2.45, 2.75) is 12.6 Å². The van der Waals surface area contributed by atoms with Crippen molar-refractivity contribution < 1.29 is 13.8 Å². The fourth-order valence-corrected chi connectivity index (χ4v) is 3.00. The molecule has 1 aromatic heterocycles. The van der Waals surface area contributed by atoms with Gasteiger partial charge in [-0.25, -0.2) is 4.39 Å². The number of ketones is 1. The lowest BCUT2D eigenvalue weighted by Gasteiger charge is -2.18. The molecule has 0 saturated carbocycles. The minimum absolute atomic E-state index is 0.171. The van der Waals surface area contributed by atoms with Crippen molar-refractivity contribution in [2.24, 2.45) is 4.99 Å². The molecular formula is C21H16ClFN2OS. The number of carbonyl (C=O) groups is 1. The van der Waals surface area contributed by atoms with E-state index in [0.717, 1.165) is 5.56 Å². The van der Waals surface area contributed by atoms with Crippen LogP contribution in [0.4, 0.5) is 4.39 Å². The molecule has 27 heavy (non-hydrogen) atoms. The van der Waals surface area contributed by atoms with Gasteiger partial charge >= 0.3 is 0 Å². The highest BCUT2D eigenvalue weighted by molar-refractivity contribution is 7.77. The Bertz CT molecular complexity index is 944. The first-order valence-electron chi connectivity index (χ1n) is 8.26. The van der Waals surface area contributed by atoms with Crippen LogP contribution in [0.3, 0.4) is 0 Å². The summed E-state index contributed by atoms with van der Waals surface area (Å²) in [6.07, 6.45) is 3.55. The summed E-state index contributed by atoms with van der Waals surface area (Å²) in [5.74, 6) is -0.479. The van der Waals surface area contributed by atoms with Gasteiger partial charge in [-0.05, 0) is 47.0 Å². The summed E-state index contributed by atoms with van der Waals surface area (Å²) < 4.78 is 14.8. The van der Waals surface area contributed by atoms with Crippen molar-refractivity contribution in [3.63, 3.8) is 0 Å². The molecule has 6 heteroatoms. The topological polar surface area (TPSA) is 33.3 Å². The van der Waals surface area contributed by atoms with Crippen LogP contribution in [0.2, 0.25) is 5.02 Å². The lowest BCUT2D eigenvalue weighted by Crippen LogP contribution is -2.47. The van der Waals surface area contributed by atoms with E-state index >= 15 is 0 Å². The number of hydrogen-bond acceptors (Lipinski definition) is 3. The number of halogens is 2. The highest BCUT2D eigenvalue weighted by Crippen LogP contribution is 2.16. The zero-order chi connectivity index (χ0) is 19.2. The van der Waals surface area contributed by atoms with Gasteiger partial charge in [0.25, 0.3) is 0 Å². The van der Waals surface area contributed by atoms with Crippen LogP contribution >= 0.6 is 11.6 Å². The normalized spacial score (nSPS) is 12.6. The maximum absolute atomic E-state index is 13.1. The van der Waals surface area contributed by atoms with E-state index < -0.39 is 6.04 Å². The predicted octanol–water partition coefficient (Wildman–Crippen LogP) is 4.34. The van der Waals surface area contributed by atoms with E-state index in [4.69, 9.17) is 24.2 Å². The molecule has 0 aliphatic heterocycles. The Morgan fingerprint density at radius 2 is 1.67 bits per heavy atom. The fraction of sp³-hybridized carbons (Fsp3) is 0.0952. The molecule has 0 aliphatic carbocycles. The van der Waals surface area contributed by atoms with Crippen LogP contribution in [0.15, 0.2) is 84.1 Å². The van der Waals surface area contributed by atoms with E-state index in [9.17, 15) is 9.18 Å². The summed E-state index contributed by atoms with van der Waals surface area (Å²) in [5.41, 5.74) is 1.31. The lowest BCUT2D eigenvalue weighted by molar-refractivity contribution is -0.691. The highest BCUT2D eigenvalue weighted by atomic mass is 35.5. The van der Waals surface area contributed by atoms with E-state index in [2.05, 4.69) is 4.99 Å². The van der Waals surface area contributed by atoms with E-state index in [1.54, 1.807) is 53.4 Å². The summed E-state index contributed by atoms with van der Waals surface area (Å²) in [6.45, 7) is 0.275. The number of rotatable bonds is 6. The van der Waals surface area contributed by atoms with Gasteiger partial charge in [0, 0.05) is 22.7 Å². The van der Waals surface area contributed by atoms with Crippen molar-refractivity contribution in [3.8, 4) is 0 Å². The molecule has 0 radical (unpaired) electrons. The number of Topliss-reactive ketones (excluding diaryl/α,β-unsaturated/α-hetero) is 1. The molecule has 1 heterocycles. The largest absolute Gasteiger partial charge is 0.758 e. The Kier molecular flexibility index (Phi) is 6.27. The lowest BCUT2D eigenvalue weighted by atomic mass is 10.0. The molecular weight excluding hydrogens is 383 g/mol. The second-order valence-electron chi connectivity index (χ2n) is 5.88. The van der Waals surface area contributed by atoms with Crippen LogP contribution < -0.4 is 4.57 Å². The third kappa shape index (κ3) is 4.96. The maximum Gasteiger partial charge on any atom is 0.237 e. The van der Waals surface area contributed by atoms with Crippen LogP contribution in [0.5, 0.6) is 0 Å². The average Bonchev–Trinajstić information content (AvgIpc) is 2.69. The smallest absolute Gasteiger partial charge is 0.237 e. The van der Waals surface area contributed by atoms with Gasteiger partial charge in [0.15, 0.2) is 12.4 Å². The van der Waals surface area contributed by atoms with Gasteiger partial charge in [0.2, 0.25) is 11.8 Å². The summed E-state index contributed by atoms with van der Waals surface area (Å²) in [4.78, 5) is 17.5. The zero-order valence-electron chi connectivity index (χ0n) is 14.3. The van der Waals surface area contributed by atoms with Crippen LogP contribution in [0.25, 0.3) is 0 Å². The summed E-state index contributed by atoms with van der Waals surface area (Å²) >= 11 is 11.4. The van der Waals surface area contributed by atoms with Crippen LogP contribution in [0.1, 0.15) is 22.0 Å². The molecule has 0 spiro atoms. The SMILES string of the molecule is O=C(c1ccc(Cl)cc1)[C@H](C([S-])=NCc1ccc(F)cc1)[n+]1ccccc1. The number of benzene rings is 2. The summed E-state index contributed by atoms with van der Waals surface area (Å²) in [5, 5.41) is 0.814. The number of nitrogens with zero attached hydrogens (tertiary/aromatic N) is 2. The Hall–Kier alpha value is -2.63. The van der Waals surface area contributed by atoms with Gasteiger partial charge in [-0.1, -0.05) is 29.8 Å².